The van der Waals surface area contributed by atoms with E-state index in [-0.39, 0.29) is 17.2 Å². The molecule has 1 aliphatic heterocycles. The lowest BCUT2D eigenvalue weighted by Crippen LogP contribution is -2.18. The smallest absolute Gasteiger partial charge is 0.211 e. The molecule has 4 unspecified atom stereocenters. The van der Waals surface area contributed by atoms with Gasteiger partial charge in [-0.3, -0.25) is 14.8 Å². The number of ether oxygens (including phenoxy) is 1. The van der Waals surface area contributed by atoms with Gasteiger partial charge in [0.05, 0.1) is 11.1 Å². The normalized spacial score (nSPS) is 23.1. The Labute approximate surface area is 189 Å². The van der Waals surface area contributed by atoms with Crippen molar-refractivity contribution in [2.75, 3.05) is 19.5 Å². The summed E-state index contributed by atoms with van der Waals surface area (Å²) in [5.41, 5.74) is 7.11. The summed E-state index contributed by atoms with van der Waals surface area (Å²) < 4.78 is 31.9. The molecule has 1 fully saturated rings. The fraction of sp³-hybridized carbons (Fsp3) is 0.381. The number of anilines is 1. The number of aryl methyl sites for hydroxylation is 1. The highest BCUT2D eigenvalue weighted by atomic mass is 35.5. The second kappa shape index (κ2) is 11.4. The second-order valence-corrected chi connectivity index (χ2v) is 8.72. The maximum absolute atomic E-state index is 14.0. The predicted molar refractivity (Wildman–Crippen MR) is 121 cm³/mol. The monoisotopic (exact) mass is 470 g/mol. The topological polar surface area (TPSA) is 89.6 Å². The molecule has 0 radical (unpaired) electrons. The number of fused-ring (bicyclic) bond motifs is 1. The maximum Gasteiger partial charge on any atom is 0.211 e. The lowest BCUT2D eigenvalue weighted by Gasteiger charge is -2.19. The van der Waals surface area contributed by atoms with Crippen LogP contribution in [0.2, 0.25) is 5.02 Å². The van der Waals surface area contributed by atoms with Crippen LogP contribution in [0, 0.1) is 30.4 Å². The number of nitrogens with one attached hydrogen (secondary N) is 1. The molecular formula is C21H25ClF2N4O2S. The van der Waals surface area contributed by atoms with Crippen LogP contribution in [0.1, 0.15) is 24.2 Å². The summed E-state index contributed by atoms with van der Waals surface area (Å²) in [6, 6.07) is 5.59. The molecule has 168 valence electrons. The SMILES string of the molecule is CC1C2SC(N)=NC(c3cc(NC=O)cc(F)c3F)C12.COC.Cc1ccc(Cl)cn1. The molecule has 2 heterocycles. The van der Waals surface area contributed by atoms with Crippen molar-refractivity contribution >= 4 is 40.6 Å². The Morgan fingerprint density at radius 1 is 1.29 bits per heavy atom. The number of amidine groups is 1. The molecule has 0 saturated heterocycles. The number of carbonyl (C=O) groups is 1. The zero-order valence-electron chi connectivity index (χ0n) is 17.6. The first-order chi connectivity index (χ1) is 14.7. The van der Waals surface area contributed by atoms with Crippen LogP contribution in [0.5, 0.6) is 0 Å². The molecule has 31 heavy (non-hydrogen) atoms. The highest BCUT2D eigenvalue weighted by molar-refractivity contribution is 8.14. The molecule has 1 aromatic heterocycles. The van der Waals surface area contributed by atoms with Gasteiger partial charge in [-0.25, -0.2) is 8.78 Å². The van der Waals surface area contributed by atoms with Gasteiger partial charge >= 0.3 is 0 Å². The van der Waals surface area contributed by atoms with Gasteiger partial charge in [0.1, 0.15) is 0 Å². The van der Waals surface area contributed by atoms with E-state index in [1.165, 1.54) is 17.8 Å². The summed E-state index contributed by atoms with van der Waals surface area (Å²) in [6.07, 6.45) is 2.06. The van der Waals surface area contributed by atoms with Gasteiger partial charge in [-0.2, -0.15) is 0 Å². The van der Waals surface area contributed by atoms with E-state index in [2.05, 4.69) is 20.0 Å². The Hall–Kier alpha value is -2.23. The standard InChI is InChI=1S/C13H13F2N3OS.C6H6ClN.C2H6O/c1-5-9-11(18-13(16)20-12(5)9)7-2-6(17-4-19)3-8(14)10(7)15;1-5-2-3-6(7)4-8-5;1-3-2/h2-5,9,11-12H,1H3,(H2,16,18)(H,17,19);2-4H,1H3;1-2H3. The van der Waals surface area contributed by atoms with E-state index < -0.39 is 17.7 Å². The first-order valence-corrected chi connectivity index (χ1v) is 10.7. The molecule has 6 nitrogen and oxygen atoms in total. The van der Waals surface area contributed by atoms with E-state index in [1.54, 1.807) is 20.4 Å². The number of hydrogen-bond acceptors (Lipinski definition) is 6. The van der Waals surface area contributed by atoms with Gasteiger partial charge in [-0.1, -0.05) is 30.3 Å². The molecule has 0 spiro atoms. The molecular weight excluding hydrogens is 446 g/mol. The first kappa shape index (κ1) is 25.0. The van der Waals surface area contributed by atoms with Gasteiger partial charge in [0.25, 0.3) is 0 Å². The van der Waals surface area contributed by atoms with E-state index in [0.717, 1.165) is 11.8 Å². The number of thioether (sulfide) groups is 1. The van der Waals surface area contributed by atoms with Crippen LogP contribution < -0.4 is 11.1 Å². The minimum Gasteiger partial charge on any atom is -0.388 e. The molecule has 0 bridgehead atoms. The molecule has 1 aliphatic carbocycles. The van der Waals surface area contributed by atoms with Crippen molar-refractivity contribution < 1.29 is 18.3 Å². The third-order valence-electron chi connectivity index (χ3n) is 4.73. The van der Waals surface area contributed by atoms with Crippen LogP contribution in [0.3, 0.4) is 0 Å². The number of amides is 1. The number of pyridine rings is 1. The van der Waals surface area contributed by atoms with Crippen molar-refractivity contribution in [1.82, 2.24) is 4.98 Å². The van der Waals surface area contributed by atoms with E-state index in [9.17, 15) is 13.6 Å². The maximum atomic E-state index is 14.0. The number of carbonyl (C=O) groups excluding carboxylic acids is 1. The summed E-state index contributed by atoms with van der Waals surface area (Å²) in [6.45, 7) is 3.97. The lowest BCUT2D eigenvalue weighted by molar-refractivity contribution is -0.105. The molecule has 1 aromatic carbocycles. The largest absolute Gasteiger partial charge is 0.388 e. The second-order valence-electron chi connectivity index (χ2n) is 7.08. The summed E-state index contributed by atoms with van der Waals surface area (Å²) >= 11 is 7.04. The van der Waals surface area contributed by atoms with Crippen molar-refractivity contribution in [2.45, 2.75) is 25.1 Å². The minimum absolute atomic E-state index is 0.150. The fourth-order valence-corrected chi connectivity index (χ4v) is 4.63. The molecule has 4 atom stereocenters. The molecule has 1 saturated carbocycles. The molecule has 10 heteroatoms. The van der Waals surface area contributed by atoms with Crippen molar-refractivity contribution in [3.05, 3.63) is 58.4 Å². The van der Waals surface area contributed by atoms with Gasteiger partial charge in [0.2, 0.25) is 6.41 Å². The Morgan fingerprint density at radius 2 is 1.97 bits per heavy atom. The van der Waals surface area contributed by atoms with E-state index in [1.807, 2.05) is 26.0 Å². The summed E-state index contributed by atoms with van der Waals surface area (Å²) in [5.74, 6) is -1.40. The number of aliphatic imine (C=N–C) groups is 1. The Morgan fingerprint density at radius 3 is 2.52 bits per heavy atom. The van der Waals surface area contributed by atoms with Gasteiger partial charge in [-0.15, -0.1) is 0 Å². The number of nitrogens with two attached hydrogens (primary N) is 1. The van der Waals surface area contributed by atoms with Gasteiger partial charge in [0.15, 0.2) is 16.8 Å². The average molecular weight is 471 g/mol. The molecule has 3 N–H and O–H groups in total. The molecule has 4 rings (SSSR count). The van der Waals surface area contributed by atoms with Crippen molar-refractivity contribution in [2.24, 2.45) is 22.6 Å². The zero-order chi connectivity index (χ0) is 23.1. The first-order valence-electron chi connectivity index (χ1n) is 9.40. The van der Waals surface area contributed by atoms with Crippen molar-refractivity contribution in [3.63, 3.8) is 0 Å². The number of methoxy groups -OCH3 is 1. The number of nitrogens with zero attached hydrogens (tertiary/aromatic N) is 2. The van der Waals surface area contributed by atoms with E-state index in [4.69, 9.17) is 17.3 Å². The molecule has 2 aliphatic rings. The van der Waals surface area contributed by atoms with Crippen LogP contribution in [-0.4, -0.2) is 36.0 Å². The third-order valence-corrected chi connectivity index (χ3v) is 6.31. The van der Waals surface area contributed by atoms with Crippen LogP contribution in [0.25, 0.3) is 0 Å². The van der Waals surface area contributed by atoms with Crippen molar-refractivity contribution in [1.29, 1.82) is 0 Å². The number of hydrogen-bond donors (Lipinski definition) is 2. The lowest BCUT2D eigenvalue weighted by atomic mass is 10.00. The van der Waals surface area contributed by atoms with Gasteiger partial charge < -0.3 is 15.8 Å². The molecule has 2 aromatic rings. The third kappa shape index (κ3) is 6.62. The fourth-order valence-electron chi connectivity index (χ4n) is 3.21. The highest BCUT2D eigenvalue weighted by Crippen LogP contribution is 2.58. The Bertz CT molecular complexity index is 909. The van der Waals surface area contributed by atoms with Gasteiger partial charge in [-0.05, 0) is 31.0 Å². The number of benzene rings is 1. The van der Waals surface area contributed by atoms with Crippen LogP contribution >= 0.6 is 23.4 Å². The predicted octanol–water partition coefficient (Wildman–Crippen LogP) is 4.58. The van der Waals surface area contributed by atoms with Crippen LogP contribution in [-0.2, 0) is 9.53 Å². The van der Waals surface area contributed by atoms with Crippen molar-refractivity contribution in [3.8, 4) is 0 Å². The minimum atomic E-state index is -0.997. The quantitative estimate of drug-likeness (QED) is 0.641. The Balaban J connectivity index is 0.000000258. The summed E-state index contributed by atoms with van der Waals surface area (Å²) in [4.78, 5) is 18.7. The highest BCUT2D eigenvalue weighted by Gasteiger charge is 2.55. The van der Waals surface area contributed by atoms with Gasteiger partial charge in [0, 0.05) is 54.6 Å². The summed E-state index contributed by atoms with van der Waals surface area (Å²) in [5, 5.41) is 3.73. The van der Waals surface area contributed by atoms with Crippen LogP contribution in [0.4, 0.5) is 14.5 Å². The number of rotatable bonds is 3. The number of halogens is 3. The molecule has 1 amide bonds. The van der Waals surface area contributed by atoms with Crippen LogP contribution in [0.15, 0.2) is 35.5 Å². The van der Waals surface area contributed by atoms with E-state index in [0.29, 0.717) is 27.8 Å². The van der Waals surface area contributed by atoms with E-state index >= 15 is 0 Å². The number of aromatic nitrogens is 1. The average Bonchev–Trinajstić information content (AvgIpc) is 3.37. The summed E-state index contributed by atoms with van der Waals surface area (Å²) in [7, 11) is 3.25. The zero-order valence-corrected chi connectivity index (χ0v) is 19.2. The Kier molecular flexibility index (Phi) is 9.21.